The number of phenolic OH excluding ortho intramolecular Hbond substituents is 2. The van der Waals surface area contributed by atoms with Crippen molar-refractivity contribution in [3.8, 4) is 11.5 Å². The lowest BCUT2D eigenvalue weighted by molar-refractivity contribution is -0.142. The Bertz CT molecular complexity index is 1600. The summed E-state index contributed by atoms with van der Waals surface area (Å²) >= 11 is 0. The number of aromatic amines is 1. The molecule has 0 saturated heterocycles. The Labute approximate surface area is 264 Å². The molecule has 1 heterocycles. The van der Waals surface area contributed by atoms with Gasteiger partial charge in [-0.15, -0.1) is 0 Å². The molecule has 0 aliphatic carbocycles. The molecule has 4 rings (SSSR count). The first-order valence-electron chi connectivity index (χ1n) is 14.5. The summed E-state index contributed by atoms with van der Waals surface area (Å²) in [6, 6.07) is 16.4. The number of aliphatic carboxylic acids is 1. The number of nitrogens with one attached hydrogen (secondary N) is 4. The predicted octanol–water partition coefficient (Wildman–Crippen LogP) is 0.958. The highest BCUT2D eigenvalue weighted by atomic mass is 16.4. The van der Waals surface area contributed by atoms with Gasteiger partial charge >= 0.3 is 5.97 Å². The molecule has 4 unspecified atom stereocenters. The van der Waals surface area contributed by atoms with Crippen molar-refractivity contribution in [1.82, 2.24) is 25.9 Å². The van der Waals surface area contributed by atoms with Gasteiger partial charge in [0.2, 0.25) is 17.7 Å². The molecule has 3 amide bonds. The molecule has 0 spiro atoms. The van der Waals surface area contributed by atoms with Gasteiger partial charge in [0.25, 0.3) is 0 Å². The molecule has 4 atom stereocenters. The first-order chi connectivity index (χ1) is 22.1. The van der Waals surface area contributed by atoms with Crippen LogP contribution < -0.4 is 21.7 Å². The Morgan fingerprint density at radius 1 is 0.652 bits per heavy atom. The summed E-state index contributed by atoms with van der Waals surface area (Å²) in [5.74, 6) is -3.24. The monoisotopic (exact) mass is 628 g/mol. The van der Waals surface area contributed by atoms with E-state index in [4.69, 9.17) is 5.73 Å². The molecule has 0 bridgehead atoms. The van der Waals surface area contributed by atoms with Crippen molar-refractivity contribution in [2.75, 3.05) is 0 Å². The van der Waals surface area contributed by atoms with E-state index in [1.807, 2.05) is 6.07 Å². The molecule has 3 aromatic carbocycles. The Kier molecular flexibility index (Phi) is 11.5. The summed E-state index contributed by atoms with van der Waals surface area (Å²) in [4.78, 5) is 59.3. The number of nitrogens with two attached hydrogens (primary N) is 1. The fourth-order valence-corrected chi connectivity index (χ4v) is 4.75. The minimum atomic E-state index is -1.34. The third-order valence-electron chi connectivity index (χ3n) is 7.25. The molecule has 0 aliphatic heterocycles. The van der Waals surface area contributed by atoms with E-state index >= 15 is 0 Å². The van der Waals surface area contributed by atoms with Crippen LogP contribution in [0.2, 0.25) is 0 Å². The van der Waals surface area contributed by atoms with Crippen LogP contribution in [0.25, 0.3) is 0 Å². The van der Waals surface area contributed by atoms with Gasteiger partial charge in [0.1, 0.15) is 29.6 Å². The van der Waals surface area contributed by atoms with Crippen LogP contribution >= 0.6 is 0 Å². The minimum absolute atomic E-state index is 0.0143. The Morgan fingerprint density at radius 3 is 1.67 bits per heavy atom. The maximum Gasteiger partial charge on any atom is 0.326 e. The number of hydrogen-bond acceptors (Lipinski definition) is 8. The number of nitrogens with zero attached hydrogens (tertiary/aromatic N) is 1. The first-order valence-corrected chi connectivity index (χ1v) is 14.5. The van der Waals surface area contributed by atoms with Crippen LogP contribution in [-0.4, -0.2) is 73.1 Å². The van der Waals surface area contributed by atoms with Gasteiger partial charge in [-0.2, -0.15) is 0 Å². The Morgan fingerprint density at radius 2 is 1.13 bits per heavy atom. The van der Waals surface area contributed by atoms with Gasteiger partial charge in [-0.05, 0) is 47.4 Å². The van der Waals surface area contributed by atoms with Crippen molar-refractivity contribution >= 4 is 23.7 Å². The van der Waals surface area contributed by atoms with Gasteiger partial charge in [-0.1, -0.05) is 54.6 Å². The highest BCUT2D eigenvalue weighted by Gasteiger charge is 2.31. The maximum absolute atomic E-state index is 13.7. The number of amides is 3. The highest BCUT2D eigenvalue weighted by molar-refractivity contribution is 5.94. The van der Waals surface area contributed by atoms with Crippen molar-refractivity contribution in [3.05, 3.63) is 114 Å². The van der Waals surface area contributed by atoms with E-state index in [9.17, 15) is 34.5 Å². The molecule has 4 aromatic rings. The SMILES string of the molecule is NC(Cc1ccc(O)cc1)C(=O)NC(Cc1ccccc1)C(=O)NC(Cc1cnc[nH]1)C(=O)NC(Cc1ccc(O)cc1)C(=O)O. The van der Waals surface area contributed by atoms with E-state index in [-0.39, 0.29) is 37.2 Å². The molecule has 0 saturated carbocycles. The molecule has 0 radical (unpaired) electrons. The van der Waals surface area contributed by atoms with Crippen molar-refractivity contribution < 1.29 is 34.5 Å². The van der Waals surface area contributed by atoms with Crippen LogP contribution in [0, 0.1) is 0 Å². The zero-order chi connectivity index (χ0) is 33.1. The summed E-state index contributed by atoms with van der Waals surface area (Å²) in [6.45, 7) is 0. The number of imidazole rings is 1. The number of hydrogen-bond donors (Lipinski definition) is 8. The van der Waals surface area contributed by atoms with Gasteiger partial charge in [0, 0.05) is 31.2 Å². The third kappa shape index (κ3) is 9.92. The number of carbonyl (C=O) groups is 4. The Balaban J connectivity index is 1.51. The number of aromatic hydroxyl groups is 2. The van der Waals surface area contributed by atoms with Crippen LogP contribution in [0.3, 0.4) is 0 Å². The number of H-pyrrole nitrogens is 1. The van der Waals surface area contributed by atoms with Gasteiger partial charge in [-0.3, -0.25) is 14.4 Å². The zero-order valence-electron chi connectivity index (χ0n) is 24.8. The average molecular weight is 629 g/mol. The number of carbonyl (C=O) groups excluding carboxylic acids is 3. The van der Waals surface area contributed by atoms with Gasteiger partial charge in [-0.25, -0.2) is 9.78 Å². The summed E-state index contributed by atoms with van der Waals surface area (Å²) in [7, 11) is 0. The summed E-state index contributed by atoms with van der Waals surface area (Å²) < 4.78 is 0. The predicted molar refractivity (Wildman–Crippen MR) is 167 cm³/mol. The molecular weight excluding hydrogens is 592 g/mol. The van der Waals surface area contributed by atoms with Crippen molar-refractivity contribution in [2.45, 2.75) is 49.9 Å². The highest BCUT2D eigenvalue weighted by Crippen LogP contribution is 2.13. The number of benzene rings is 3. The topological polar surface area (TPSA) is 220 Å². The lowest BCUT2D eigenvalue weighted by Crippen LogP contribution is -2.58. The van der Waals surface area contributed by atoms with E-state index in [0.29, 0.717) is 16.8 Å². The van der Waals surface area contributed by atoms with Crippen LogP contribution in [-0.2, 0) is 44.9 Å². The van der Waals surface area contributed by atoms with Crippen LogP contribution in [0.5, 0.6) is 11.5 Å². The standard InChI is InChI=1S/C33H36N6O7/c34-26(14-21-6-10-24(40)11-7-21)30(42)37-27(15-20-4-2-1-3-5-20)31(43)38-28(17-23-18-35-19-36-23)32(44)39-29(33(45)46)16-22-8-12-25(41)13-9-22/h1-13,18-19,26-29,40-41H,14-17,34H2,(H,35,36)(H,37,42)(H,38,43)(H,39,44)(H,45,46). The molecule has 46 heavy (non-hydrogen) atoms. The number of aromatic nitrogens is 2. The zero-order valence-corrected chi connectivity index (χ0v) is 24.8. The molecular formula is C33H36N6O7. The van der Waals surface area contributed by atoms with Crippen LogP contribution in [0.4, 0.5) is 0 Å². The fourth-order valence-electron chi connectivity index (χ4n) is 4.75. The number of phenols is 2. The molecule has 240 valence electrons. The Hall–Kier alpha value is -5.69. The summed E-state index contributed by atoms with van der Waals surface area (Å²) in [5, 5.41) is 36.8. The lowest BCUT2D eigenvalue weighted by atomic mass is 10.0. The number of rotatable bonds is 15. The van der Waals surface area contributed by atoms with Crippen LogP contribution in [0.15, 0.2) is 91.4 Å². The normalized spacial score (nSPS) is 13.5. The van der Waals surface area contributed by atoms with Gasteiger partial charge in [0.15, 0.2) is 0 Å². The van der Waals surface area contributed by atoms with E-state index < -0.39 is 47.9 Å². The fraction of sp³-hybridized carbons (Fsp3) is 0.242. The number of carboxylic acids is 1. The second kappa shape index (κ2) is 15.9. The first kappa shape index (κ1) is 33.2. The summed E-state index contributed by atoms with van der Waals surface area (Å²) in [5.41, 5.74) is 8.69. The number of carboxylic acid groups (broad SMARTS) is 1. The van der Waals surface area contributed by atoms with Crippen LogP contribution in [0.1, 0.15) is 22.4 Å². The van der Waals surface area contributed by atoms with Crippen molar-refractivity contribution in [1.29, 1.82) is 0 Å². The van der Waals surface area contributed by atoms with E-state index in [0.717, 1.165) is 5.56 Å². The van der Waals surface area contributed by atoms with Gasteiger partial charge < -0.3 is 42.0 Å². The second-order valence-corrected chi connectivity index (χ2v) is 10.8. The quantitative estimate of drug-likeness (QED) is 0.0938. The van der Waals surface area contributed by atoms with Gasteiger partial charge in [0.05, 0.1) is 12.4 Å². The van der Waals surface area contributed by atoms with Crippen molar-refractivity contribution in [3.63, 3.8) is 0 Å². The maximum atomic E-state index is 13.7. The largest absolute Gasteiger partial charge is 0.508 e. The molecule has 13 heteroatoms. The van der Waals surface area contributed by atoms with E-state index in [1.54, 1.807) is 48.5 Å². The molecule has 0 aliphatic rings. The second-order valence-electron chi connectivity index (χ2n) is 10.8. The smallest absolute Gasteiger partial charge is 0.326 e. The van der Waals surface area contributed by atoms with Crippen molar-refractivity contribution in [2.24, 2.45) is 5.73 Å². The lowest BCUT2D eigenvalue weighted by Gasteiger charge is -2.25. The molecule has 1 aromatic heterocycles. The average Bonchev–Trinajstić information content (AvgIpc) is 3.55. The molecule has 13 nitrogen and oxygen atoms in total. The van der Waals surface area contributed by atoms with E-state index in [1.165, 1.54) is 36.8 Å². The molecule has 0 fully saturated rings. The van der Waals surface area contributed by atoms with E-state index in [2.05, 4.69) is 25.9 Å². The summed E-state index contributed by atoms with van der Waals surface area (Å²) in [6.07, 6.45) is 3.00. The third-order valence-corrected chi connectivity index (χ3v) is 7.25. The minimum Gasteiger partial charge on any atom is -0.508 e. The molecule has 9 N–H and O–H groups in total.